The van der Waals surface area contributed by atoms with E-state index in [1.54, 1.807) is 6.07 Å². The molecule has 118 valence electrons. The van der Waals surface area contributed by atoms with Gasteiger partial charge in [0.2, 0.25) is 0 Å². The van der Waals surface area contributed by atoms with Gasteiger partial charge in [-0.3, -0.25) is 0 Å². The van der Waals surface area contributed by atoms with Crippen LogP contribution in [0.3, 0.4) is 0 Å². The summed E-state index contributed by atoms with van der Waals surface area (Å²) in [6.45, 7) is 0. The summed E-state index contributed by atoms with van der Waals surface area (Å²) in [6.07, 6.45) is 2.43. The second-order valence-corrected chi connectivity index (χ2v) is 6.64. The van der Waals surface area contributed by atoms with Crippen LogP contribution < -0.4 is 5.63 Å². The first-order valence-electron chi connectivity index (χ1n) is 7.45. The van der Waals surface area contributed by atoms with Crippen molar-refractivity contribution in [3.05, 3.63) is 69.6 Å². The molecule has 5 heteroatoms. The molecule has 0 aliphatic carbocycles. The summed E-state index contributed by atoms with van der Waals surface area (Å²) in [6, 6.07) is 14.4. The van der Waals surface area contributed by atoms with Crippen molar-refractivity contribution < 1.29 is 4.42 Å². The molecule has 3 aromatic rings. The normalized spacial score (nSPS) is 11.1. The van der Waals surface area contributed by atoms with Crippen molar-refractivity contribution >= 4 is 38.7 Å². The maximum Gasteiger partial charge on any atom is 0.336 e. The minimum absolute atomic E-state index is 0.285. The van der Waals surface area contributed by atoms with Gasteiger partial charge in [-0.15, -0.1) is 27.7 Å². The maximum absolute atomic E-state index is 11.8. The third kappa shape index (κ3) is 3.41. The van der Waals surface area contributed by atoms with Gasteiger partial charge in [0.05, 0.1) is 0 Å². The predicted octanol–water partition coefficient (Wildman–Crippen LogP) is 4.59. The zero-order valence-corrected chi connectivity index (χ0v) is 16.2. The summed E-state index contributed by atoms with van der Waals surface area (Å²) in [5.41, 5.74) is 6.08. The summed E-state index contributed by atoms with van der Waals surface area (Å²) in [7, 11) is 8.15. The molecule has 0 aliphatic heterocycles. The predicted molar refractivity (Wildman–Crippen MR) is 108 cm³/mol. The molecular weight excluding hydrogens is 341 g/mol. The molecule has 2 aromatic carbocycles. The summed E-state index contributed by atoms with van der Waals surface area (Å²) >= 11 is 0. The van der Waals surface area contributed by atoms with E-state index >= 15 is 0 Å². The Morgan fingerprint density at radius 1 is 0.783 bits per heavy atom. The number of rotatable bonds is 4. The average molecular weight is 360 g/mol. The fraction of sp³-hybridized carbons (Fsp3) is 0.167. The second-order valence-electron chi connectivity index (χ2n) is 5.41. The average Bonchev–Trinajstić information content (AvgIpc) is 2.60. The first-order chi connectivity index (χ1) is 11.2. The molecular formula is C18H19O2P3. The van der Waals surface area contributed by atoms with E-state index < -0.39 is 0 Å². The molecule has 0 spiro atoms. The lowest BCUT2D eigenvalue weighted by Crippen LogP contribution is -2.01. The highest BCUT2D eigenvalue weighted by atomic mass is 31.0. The highest BCUT2D eigenvalue weighted by Gasteiger charge is 2.11. The van der Waals surface area contributed by atoms with Gasteiger partial charge in [-0.1, -0.05) is 24.3 Å². The van der Waals surface area contributed by atoms with Crippen molar-refractivity contribution in [2.45, 2.75) is 18.5 Å². The molecule has 0 amide bonds. The van der Waals surface area contributed by atoms with Gasteiger partial charge >= 0.3 is 5.63 Å². The van der Waals surface area contributed by atoms with Crippen LogP contribution in [-0.2, 0) is 18.5 Å². The second kappa shape index (κ2) is 7.23. The Hall–Kier alpha value is -1.06. The lowest BCUT2D eigenvalue weighted by atomic mass is 9.98. The molecule has 1 aromatic heterocycles. The highest BCUT2D eigenvalue weighted by Crippen LogP contribution is 2.31. The summed E-state index contributed by atoms with van der Waals surface area (Å²) < 4.78 is 5.47. The lowest BCUT2D eigenvalue weighted by molar-refractivity contribution is 0.557. The molecule has 3 rings (SSSR count). The van der Waals surface area contributed by atoms with Crippen LogP contribution in [0.2, 0.25) is 0 Å². The quantitative estimate of drug-likeness (QED) is 0.503. The van der Waals surface area contributed by atoms with Crippen LogP contribution in [0.4, 0.5) is 0 Å². The minimum Gasteiger partial charge on any atom is -0.422 e. The Bertz CT molecular complexity index is 899. The molecule has 0 radical (unpaired) electrons. The van der Waals surface area contributed by atoms with Crippen molar-refractivity contribution in [3.8, 4) is 11.1 Å². The van der Waals surface area contributed by atoms with E-state index in [-0.39, 0.29) is 5.63 Å². The van der Waals surface area contributed by atoms with Crippen LogP contribution in [0.25, 0.3) is 22.1 Å². The third-order valence-electron chi connectivity index (χ3n) is 3.97. The van der Waals surface area contributed by atoms with Crippen LogP contribution in [0.5, 0.6) is 0 Å². The summed E-state index contributed by atoms with van der Waals surface area (Å²) in [4.78, 5) is 11.8. The molecule has 1 heterocycles. The largest absolute Gasteiger partial charge is 0.422 e. The molecule has 0 bridgehead atoms. The van der Waals surface area contributed by atoms with E-state index in [1.807, 2.05) is 0 Å². The van der Waals surface area contributed by atoms with Gasteiger partial charge in [0.1, 0.15) is 5.58 Å². The topological polar surface area (TPSA) is 30.2 Å². The van der Waals surface area contributed by atoms with Crippen LogP contribution in [0.15, 0.2) is 51.7 Å². The fourth-order valence-corrected chi connectivity index (χ4v) is 3.63. The van der Waals surface area contributed by atoms with Crippen LogP contribution in [-0.4, -0.2) is 0 Å². The zero-order valence-electron chi connectivity index (χ0n) is 12.7. The van der Waals surface area contributed by atoms with Crippen LogP contribution in [0.1, 0.15) is 16.7 Å². The SMILES string of the molecule is O=c1cc(CP)c2cc(-c3ccc(CP)cc3)cc(CP)c2o1. The molecule has 0 N–H and O–H groups in total. The number of benzene rings is 2. The Morgan fingerprint density at radius 3 is 2.09 bits per heavy atom. The first-order valence-corrected chi connectivity index (χ1v) is 9.90. The number of fused-ring (bicyclic) bond motifs is 1. The maximum atomic E-state index is 11.8. The van der Waals surface area contributed by atoms with E-state index in [1.165, 1.54) is 11.1 Å². The molecule has 3 atom stereocenters. The Kier molecular flexibility index (Phi) is 5.27. The van der Waals surface area contributed by atoms with Gasteiger partial charge in [0.25, 0.3) is 0 Å². The van der Waals surface area contributed by atoms with E-state index in [4.69, 9.17) is 4.42 Å². The fourth-order valence-electron chi connectivity index (χ4n) is 2.72. The minimum atomic E-state index is -0.285. The van der Waals surface area contributed by atoms with E-state index in [9.17, 15) is 4.79 Å². The third-order valence-corrected chi connectivity index (χ3v) is 5.32. The molecule has 0 fully saturated rings. The van der Waals surface area contributed by atoms with Gasteiger partial charge in [-0.2, -0.15) is 0 Å². The van der Waals surface area contributed by atoms with Crippen molar-refractivity contribution in [1.29, 1.82) is 0 Å². The standard InChI is InChI=1S/C18H19O2P3/c19-17-7-14(9-22)16-6-13(5-15(10-23)18(16)20-17)12-3-1-11(8-21)2-4-12/h1-7H,8-10,21-23H2. The smallest absolute Gasteiger partial charge is 0.336 e. The molecule has 0 saturated carbocycles. The van der Waals surface area contributed by atoms with E-state index in [0.29, 0.717) is 5.58 Å². The van der Waals surface area contributed by atoms with Gasteiger partial charge < -0.3 is 4.42 Å². The Morgan fingerprint density at radius 2 is 1.48 bits per heavy atom. The monoisotopic (exact) mass is 360 g/mol. The van der Waals surface area contributed by atoms with Crippen molar-refractivity contribution in [2.75, 3.05) is 0 Å². The summed E-state index contributed by atoms with van der Waals surface area (Å²) in [5, 5.41) is 1.02. The van der Waals surface area contributed by atoms with Gasteiger partial charge in [0, 0.05) is 11.5 Å². The van der Waals surface area contributed by atoms with E-state index in [0.717, 1.165) is 40.6 Å². The first kappa shape index (κ1) is 16.8. The van der Waals surface area contributed by atoms with Gasteiger partial charge in [0.15, 0.2) is 0 Å². The van der Waals surface area contributed by atoms with Gasteiger partial charge in [-0.05, 0) is 58.4 Å². The molecule has 2 nitrogen and oxygen atoms in total. The number of hydrogen-bond donors (Lipinski definition) is 0. The van der Waals surface area contributed by atoms with Gasteiger partial charge in [-0.25, -0.2) is 4.79 Å². The highest BCUT2D eigenvalue weighted by molar-refractivity contribution is 7.15. The molecule has 3 unspecified atom stereocenters. The van der Waals surface area contributed by atoms with E-state index in [2.05, 4.69) is 64.1 Å². The molecule has 0 saturated heterocycles. The Balaban J connectivity index is 2.25. The van der Waals surface area contributed by atoms with Crippen molar-refractivity contribution in [3.63, 3.8) is 0 Å². The van der Waals surface area contributed by atoms with Crippen molar-refractivity contribution in [1.82, 2.24) is 0 Å². The van der Waals surface area contributed by atoms with Crippen LogP contribution >= 0.6 is 27.7 Å². The number of hydrogen-bond acceptors (Lipinski definition) is 2. The van der Waals surface area contributed by atoms with Crippen LogP contribution in [0, 0.1) is 0 Å². The molecule has 0 aliphatic rings. The lowest BCUT2D eigenvalue weighted by Gasteiger charge is -2.11. The Labute approximate surface area is 142 Å². The zero-order chi connectivity index (χ0) is 16.4. The van der Waals surface area contributed by atoms with Crippen molar-refractivity contribution in [2.24, 2.45) is 0 Å². The summed E-state index contributed by atoms with van der Waals surface area (Å²) in [5.74, 6) is 0. The molecule has 23 heavy (non-hydrogen) atoms.